The lowest BCUT2D eigenvalue weighted by molar-refractivity contribution is 0.154. The van der Waals surface area contributed by atoms with Gasteiger partial charge in [-0.15, -0.1) is 0 Å². The van der Waals surface area contributed by atoms with Crippen LogP contribution in [0.15, 0.2) is 30.7 Å². The maximum absolute atomic E-state index is 6.19. The highest BCUT2D eigenvalue weighted by atomic mass is 35.5. The molecule has 2 N–H and O–H groups in total. The van der Waals surface area contributed by atoms with E-state index in [9.17, 15) is 0 Å². The van der Waals surface area contributed by atoms with Crippen molar-refractivity contribution in [1.82, 2.24) is 9.55 Å². The fourth-order valence-corrected chi connectivity index (χ4v) is 2.51. The zero-order valence-electron chi connectivity index (χ0n) is 10.0. The summed E-state index contributed by atoms with van der Waals surface area (Å²) in [5, 5.41) is 0.687. The van der Waals surface area contributed by atoms with Gasteiger partial charge in [-0.2, -0.15) is 0 Å². The van der Waals surface area contributed by atoms with Gasteiger partial charge >= 0.3 is 0 Å². The smallest absolute Gasteiger partial charge is 0.142 e. The highest BCUT2D eigenvalue weighted by Gasteiger charge is 2.28. The summed E-state index contributed by atoms with van der Waals surface area (Å²) >= 11 is 5.98. The minimum absolute atomic E-state index is 0.0545. The Labute approximate surface area is 110 Å². The van der Waals surface area contributed by atoms with Crippen molar-refractivity contribution in [2.75, 3.05) is 0 Å². The number of aryl methyl sites for hydroxylation is 1. The Morgan fingerprint density at radius 2 is 2.33 bits per heavy atom. The van der Waals surface area contributed by atoms with E-state index in [-0.39, 0.29) is 12.1 Å². The van der Waals surface area contributed by atoms with Gasteiger partial charge in [0.15, 0.2) is 0 Å². The van der Waals surface area contributed by atoms with E-state index in [1.54, 1.807) is 6.33 Å². The second-order valence-corrected chi connectivity index (χ2v) is 5.00. The number of nitrogens with two attached hydrogens (primary N) is 1. The molecule has 0 fully saturated rings. The number of rotatable bonds is 1. The first kappa shape index (κ1) is 11.6. The van der Waals surface area contributed by atoms with Crippen molar-refractivity contribution in [3.05, 3.63) is 47.0 Å². The summed E-state index contributed by atoms with van der Waals surface area (Å²) in [6.45, 7) is 0. The largest absolute Gasteiger partial charge is 0.484 e. The topological polar surface area (TPSA) is 53.1 Å². The molecule has 1 aromatic carbocycles. The van der Waals surface area contributed by atoms with Crippen molar-refractivity contribution in [3.8, 4) is 5.75 Å². The first-order valence-electron chi connectivity index (χ1n) is 5.83. The molecule has 0 spiro atoms. The molecule has 2 atom stereocenters. The molecule has 0 saturated carbocycles. The van der Waals surface area contributed by atoms with Gasteiger partial charge in [0.2, 0.25) is 0 Å². The number of imidazole rings is 1. The number of aromatic nitrogens is 2. The maximum atomic E-state index is 6.19. The first-order valence-corrected chi connectivity index (χ1v) is 6.21. The van der Waals surface area contributed by atoms with Crippen LogP contribution < -0.4 is 10.5 Å². The number of hydrogen-bond acceptors (Lipinski definition) is 3. The van der Waals surface area contributed by atoms with Crippen molar-refractivity contribution < 1.29 is 4.74 Å². The summed E-state index contributed by atoms with van der Waals surface area (Å²) < 4.78 is 7.94. The molecule has 2 aromatic rings. The standard InChI is InChI=1S/C13H14ClN3O/c1-17-7-16-6-11(17)13-5-10(15)9-4-8(14)2-3-12(9)18-13/h2-4,6-7,10,13H,5,15H2,1H3/t10-,13?/m1/s1. The van der Waals surface area contributed by atoms with Crippen LogP contribution in [0, 0.1) is 0 Å². The van der Waals surface area contributed by atoms with Gasteiger partial charge in [0.05, 0.1) is 18.2 Å². The third kappa shape index (κ3) is 1.87. The second-order valence-electron chi connectivity index (χ2n) is 4.56. The minimum Gasteiger partial charge on any atom is -0.484 e. The average molecular weight is 264 g/mol. The van der Waals surface area contributed by atoms with Gasteiger partial charge in [0, 0.05) is 30.1 Å². The molecule has 1 unspecified atom stereocenters. The highest BCUT2D eigenvalue weighted by Crippen LogP contribution is 2.40. The summed E-state index contributed by atoms with van der Waals surface area (Å²) in [6.07, 6.45) is 4.26. The summed E-state index contributed by atoms with van der Waals surface area (Å²) in [5.74, 6) is 0.810. The van der Waals surface area contributed by atoms with Crippen molar-refractivity contribution in [3.63, 3.8) is 0 Å². The lowest BCUT2D eigenvalue weighted by Gasteiger charge is -2.30. The first-order chi connectivity index (χ1) is 8.65. The molecule has 4 nitrogen and oxygen atoms in total. The fourth-order valence-electron chi connectivity index (χ4n) is 2.33. The van der Waals surface area contributed by atoms with Crippen LogP contribution in [0.4, 0.5) is 0 Å². The van der Waals surface area contributed by atoms with Gasteiger partial charge < -0.3 is 15.0 Å². The molecule has 5 heteroatoms. The minimum atomic E-state index is -0.0626. The highest BCUT2D eigenvalue weighted by molar-refractivity contribution is 6.30. The SMILES string of the molecule is Cn1cncc1C1C[C@@H](N)c2cc(Cl)ccc2O1. The number of halogens is 1. The molecule has 18 heavy (non-hydrogen) atoms. The van der Waals surface area contributed by atoms with E-state index in [4.69, 9.17) is 22.1 Å². The quantitative estimate of drug-likeness (QED) is 0.860. The third-order valence-electron chi connectivity index (χ3n) is 3.29. The predicted molar refractivity (Wildman–Crippen MR) is 69.6 cm³/mol. The zero-order chi connectivity index (χ0) is 12.7. The molecule has 94 valence electrons. The normalized spacial score (nSPS) is 22.4. The molecular formula is C13H14ClN3O. The van der Waals surface area contributed by atoms with Crippen LogP contribution in [0.1, 0.15) is 29.8 Å². The molecule has 1 aliphatic heterocycles. The lowest BCUT2D eigenvalue weighted by Crippen LogP contribution is -2.25. The molecule has 0 saturated heterocycles. The molecular weight excluding hydrogens is 250 g/mol. The van der Waals surface area contributed by atoms with Crippen LogP contribution in [0.5, 0.6) is 5.75 Å². The Hall–Kier alpha value is -1.52. The van der Waals surface area contributed by atoms with E-state index >= 15 is 0 Å². The van der Waals surface area contributed by atoms with E-state index in [2.05, 4.69) is 4.98 Å². The summed E-state index contributed by atoms with van der Waals surface area (Å²) in [5.41, 5.74) is 8.20. The van der Waals surface area contributed by atoms with Crippen molar-refractivity contribution in [1.29, 1.82) is 0 Å². The zero-order valence-corrected chi connectivity index (χ0v) is 10.8. The van der Waals surface area contributed by atoms with Gasteiger partial charge in [-0.3, -0.25) is 0 Å². The molecule has 0 aliphatic carbocycles. The van der Waals surface area contributed by atoms with Gasteiger partial charge in [-0.25, -0.2) is 4.98 Å². The van der Waals surface area contributed by atoms with Crippen LogP contribution in [0.3, 0.4) is 0 Å². The van der Waals surface area contributed by atoms with Crippen LogP contribution in [-0.2, 0) is 7.05 Å². The van der Waals surface area contributed by atoms with Crippen LogP contribution in [-0.4, -0.2) is 9.55 Å². The number of nitrogens with zero attached hydrogens (tertiary/aromatic N) is 2. The van der Waals surface area contributed by atoms with Crippen LogP contribution >= 0.6 is 11.6 Å². The molecule has 1 aliphatic rings. The number of fused-ring (bicyclic) bond motifs is 1. The Kier molecular flexibility index (Phi) is 2.76. The molecule has 1 aromatic heterocycles. The maximum Gasteiger partial charge on any atom is 0.142 e. The Morgan fingerprint density at radius 1 is 1.50 bits per heavy atom. The molecule has 0 amide bonds. The summed E-state index contributed by atoms with van der Waals surface area (Å²) in [6, 6.07) is 5.51. The van der Waals surface area contributed by atoms with Crippen molar-refractivity contribution >= 4 is 11.6 Å². The fraction of sp³-hybridized carbons (Fsp3) is 0.308. The summed E-state index contributed by atoms with van der Waals surface area (Å²) in [4.78, 5) is 4.11. The van der Waals surface area contributed by atoms with E-state index in [0.29, 0.717) is 5.02 Å². The number of benzene rings is 1. The molecule has 3 rings (SSSR count). The van der Waals surface area contributed by atoms with Crippen LogP contribution in [0.2, 0.25) is 5.02 Å². The van der Waals surface area contributed by atoms with E-state index < -0.39 is 0 Å². The van der Waals surface area contributed by atoms with Crippen molar-refractivity contribution in [2.45, 2.75) is 18.6 Å². The van der Waals surface area contributed by atoms with E-state index in [1.165, 1.54) is 0 Å². The Morgan fingerprint density at radius 3 is 3.06 bits per heavy atom. The summed E-state index contributed by atoms with van der Waals surface area (Å²) in [7, 11) is 1.95. The molecule has 2 heterocycles. The number of hydrogen-bond donors (Lipinski definition) is 1. The van der Waals surface area contributed by atoms with Gasteiger partial charge in [-0.1, -0.05) is 11.6 Å². The molecule has 0 bridgehead atoms. The van der Waals surface area contributed by atoms with E-state index in [0.717, 1.165) is 23.4 Å². The predicted octanol–water partition coefficient (Wildman–Crippen LogP) is 2.60. The monoisotopic (exact) mass is 263 g/mol. The average Bonchev–Trinajstić information content (AvgIpc) is 2.76. The van der Waals surface area contributed by atoms with Gasteiger partial charge in [-0.05, 0) is 18.2 Å². The van der Waals surface area contributed by atoms with E-state index in [1.807, 2.05) is 36.0 Å². The van der Waals surface area contributed by atoms with Gasteiger partial charge in [0.1, 0.15) is 11.9 Å². The Bertz CT molecular complexity index is 581. The number of ether oxygens (including phenoxy) is 1. The van der Waals surface area contributed by atoms with Gasteiger partial charge in [0.25, 0.3) is 0 Å². The Balaban J connectivity index is 1.97. The second kappa shape index (κ2) is 4.30. The third-order valence-corrected chi connectivity index (χ3v) is 3.53. The van der Waals surface area contributed by atoms with Crippen LogP contribution in [0.25, 0.3) is 0 Å². The molecule has 0 radical (unpaired) electrons. The van der Waals surface area contributed by atoms with Crippen molar-refractivity contribution in [2.24, 2.45) is 12.8 Å². The lowest BCUT2D eigenvalue weighted by atomic mass is 9.96.